The van der Waals surface area contributed by atoms with Crippen molar-refractivity contribution < 1.29 is 9.53 Å². The highest BCUT2D eigenvalue weighted by atomic mass is 16.5. The summed E-state index contributed by atoms with van der Waals surface area (Å²) in [6, 6.07) is 15.6. The van der Waals surface area contributed by atoms with Gasteiger partial charge in [0.05, 0.1) is 23.6 Å². The Bertz CT molecular complexity index is 1230. The molecule has 0 aliphatic heterocycles. The summed E-state index contributed by atoms with van der Waals surface area (Å²) in [5.74, 6) is 0.543. The molecule has 1 amide bonds. The van der Waals surface area contributed by atoms with Crippen LogP contribution in [-0.4, -0.2) is 27.1 Å². The first-order valence-electron chi connectivity index (χ1n) is 9.94. The van der Waals surface area contributed by atoms with Crippen LogP contribution in [0.2, 0.25) is 0 Å². The van der Waals surface area contributed by atoms with Crippen LogP contribution in [0.3, 0.4) is 0 Å². The molecule has 0 saturated heterocycles. The summed E-state index contributed by atoms with van der Waals surface area (Å²) in [5.41, 5.74) is 6.77. The number of aromatic nitrogens is 3. The van der Waals surface area contributed by atoms with E-state index in [-0.39, 0.29) is 5.91 Å². The highest BCUT2D eigenvalue weighted by Crippen LogP contribution is 2.29. The third-order valence-corrected chi connectivity index (χ3v) is 5.03. The third-order valence-electron chi connectivity index (χ3n) is 5.03. The molecule has 2 aromatic carbocycles. The molecule has 0 aliphatic carbocycles. The number of carbonyl (C=O) groups is 1. The minimum absolute atomic E-state index is 0.226. The van der Waals surface area contributed by atoms with Crippen LogP contribution < -0.4 is 10.1 Å². The molecule has 30 heavy (non-hydrogen) atoms. The number of aryl methyl sites for hydroxylation is 3. The molecule has 4 aromatic rings. The predicted octanol–water partition coefficient (Wildman–Crippen LogP) is 4.97. The van der Waals surface area contributed by atoms with Gasteiger partial charge in [-0.2, -0.15) is 5.10 Å². The van der Waals surface area contributed by atoms with Gasteiger partial charge in [0.15, 0.2) is 5.65 Å². The molecule has 0 saturated carbocycles. The Morgan fingerprint density at radius 3 is 2.57 bits per heavy atom. The number of benzene rings is 2. The molecule has 0 unspecified atom stereocenters. The fourth-order valence-electron chi connectivity index (χ4n) is 3.56. The maximum atomic E-state index is 12.9. The molecule has 4 rings (SSSR count). The van der Waals surface area contributed by atoms with Crippen molar-refractivity contribution in [2.75, 3.05) is 11.9 Å². The molecule has 0 fully saturated rings. The van der Waals surface area contributed by atoms with Gasteiger partial charge in [0, 0.05) is 17.4 Å². The summed E-state index contributed by atoms with van der Waals surface area (Å²) < 4.78 is 7.19. The van der Waals surface area contributed by atoms with Gasteiger partial charge < -0.3 is 10.1 Å². The predicted molar refractivity (Wildman–Crippen MR) is 118 cm³/mol. The van der Waals surface area contributed by atoms with Gasteiger partial charge in [0.1, 0.15) is 5.75 Å². The zero-order valence-corrected chi connectivity index (χ0v) is 17.6. The summed E-state index contributed by atoms with van der Waals surface area (Å²) in [5, 5.41) is 7.58. The maximum Gasteiger partial charge on any atom is 0.259 e. The molecule has 6 nitrogen and oxygen atoms in total. The van der Waals surface area contributed by atoms with E-state index in [0.29, 0.717) is 17.9 Å². The molecule has 0 bridgehead atoms. The summed E-state index contributed by atoms with van der Waals surface area (Å²) >= 11 is 0. The second kappa shape index (κ2) is 7.99. The fourth-order valence-corrected chi connectivity index (χ4v) is 3.56. The lowest BCUT2D eigenvalue weighted by Gasteiger charge is -2.10. The first kappa shape index (κ1) is 19.6. The quantitative estimate of drug-likeness (QED) is 0.513. The number of fused-ring (bicyclic) bond motifs is 1. The van der Waals surface area contributed by atoms with Gasteiger partial charge in [-0.3, -0.25) is 4.79 Å². The van der Waals surface area contributed by atoms with Crippen LogP contribution in [0.1, 0.15) is 34.2 Å². The number of carbonyl (C=O) groups excluding carboxylic acids is 1. The van der Waals surface area contributed by atoms with Gasteiger partial charge in [-0.25, -0.2) is 9.50 Å². The van der Waals surface area contributed by atoms with Gasteiger partial charge in [-0.15, -0.1) is 0 Å². The highest BCUT2D eigenvalue weighted by Gasteiger charge is 2.19. The summed E-state index contributed by atoms with van der Waals surface area (Å²) in [7, 11) is 0. The van der Waals surface area contributed by atoms with Gasteiger partial charge in [-0.05, 0) is 57.5 Å². The second-order valence-corrected chi connectivity index (χ2v) is 7.23. The van der Waals surface area contributed by atoms with E-state index in [0.717, 1.165) is 33.9 Å². The van der Waals surface area contributed by atoms with Crippen LogP contribution in [0, 0.1) is 20.8 Å². The molecule has 0 spiro atoms. The molecule has 2 aromatic heterocycles. The minimum atomic E-state index is -0.226. The van der Waals surface area contributed by atoms with Crippen LogP contribution in [0.5, 0.6) is 5.75 Å². The Kier molecular flexibility index (Phi) is 5.23. The molecule has 0 atom stereocenters. The van der Waals surface area contributed by atoms with Crippen molar-refractivity contribution >= 4 is 17.2 Å². The van der Waals surface area contributed by atoms with Crippen molar-refractivity contribution in [3.05, 3.63) is 77.2 Å². The maximum absolute atomic E-state index is 12.9. The van der Waals surface area contributed by atoms with Crippen molar-refractivity contribution in [2.24, 2.45) is 0 Å². The van der Waals surface area contributed by atoms with E-state index >= 15 is 0 Å². The number of rotatable bonds is 5. The number of anilines is 1. The Balaban J connectivity index is 1.67. The lowest BCUT2D eigenvalue weighted by Crippen LogP contribution is -2.16. The topological polar surface area (TPSA) is 68.5 Å². The Hall–Kier alpha value is -3.67. The second-order valence-electron chi connectivity index (χ2n) is 7.23. The van der Waals surface area contributed by atoms with Crippen LogP contribution in [0.15, 0.2) is 54.7 Å². The molecule has 1 N–H and O–H groups in total. The van der Waals surface area contributed by atoms with Crippen LogP contribution in [0.4, 0.5) is 5.69 Å². The zero-order valence-electron chi connectivity index (χ0n) is 17.6. The molecular weight excluding hydrogens is 376 g/mol. The summed E-state index contributed by atoms with van der Waals surface area (Å²) in [4.78, 5) is 17.5. The van der Waals surface area contributed by atoms with E-state index in [1.54, 1.807) is 10.7 Å². The van der Waals surface area contributed by atoms with Gasteiger partial charge >= 0.3 is 0 Å². The number of hydrogen-bond acceptors (Lipinski definition) is 4. The Labute approximate surface area is 175 Å². The Morgan fingerprint density at radius 1 is 1.10 bits per heavy atom. The average Bonchev–Trinajstić information content (AvgIpc) is 3.07. The number of hydrogen-bond donors (Lipinski definition) is 1. The summed E-state index contributed by atoms with van der Waals surface area (Å²) in [6.07, 6.45) is 1.62. The van der Waals surface area contributed by atoms with Crippen molar-refractivity contribution in [2.45, 2.75) is 27.7 Å². The average molecular weight is 400 g/mol. The first-order valence-corrected chi connectivity index (χ1v) is 9.94. The summed E-state index contributed by atoms with van der Waals surface area (Å²) in [6.45, 7) is 8.44. The van der Waals surface area contributed by atoms with Gasteiger partial charge in [0.25, 0.3) is 5.91 Å². The molecule has 0 aliphatic rings. The van der Waals surface area contributed by atoms with E-state index < -0.39 is 0 Å². The number of amides is 1. The third kappa shape index (κ3) is 3.64. The van der Waals surface area contributed by atoms with Crippen LogP contribution in [-0.2, 0) is 0 Å². The molecule has 152 valence electrons. The Morgan fingerprint density at radius 2 is 1.87 bits per heavy atom. The standard InChI is InChI=1S/C24H24N4O2/c1-5-30-20-11-9-19(10-12-20)26-24(29)21-14-25-23-22(16(3)27-28(23)17(21)4)18-8-6-7-15(2)13-18/h6-14H,5H2,1-4H3,(H,26,29). The van der Waals surface area contributed by atoms with Crippen molar-refractivity contribution in [1.29, 1.82) is 0 Å². The number of ether oxygens (including phenoxy) is 1. The fraction of sp³-hybridized carbons (Fsp3) is 0.208. The highest BCUT2D eigenvalue weighted by molar-refractivity contribution is 6.05. The molecule has 2 heterocycles. The largest absolute Gasteiger partial charge is 0.494 e. The minimum Gasteiger partial charge on any atom is -0.494 e. The smallest absolute Gasteiger partial charge is 0.259 e. The van der Waals surface area contributed by atoms with Crippen molar-refractivity contribution in [3.8, 4) is 16.9 Å². The van der Waals surface area contributed by atoms with Crippen LogP contribution >= 0.6 is 0 Å². The van der Waals surface area contributed by atoms with E-state index in [9.17, 15) is 4.79 Å². The first-order chi connectivity index (χ1) is 14.5. The lowest BCUT2D eigenvalue weighted by atomic mass is 10.0. The monoisotopic (exact) mass is 400 g/mol. The molecule has 6 heteroatoms. The molecular formula is C24H24N4O2. The van der Waals surface area contributed by atoms with E-state index in [1.807, 2.05) is 51.1 Å². The van der Waals surface area contributed by atoms with Crippen molar-refractivity contribution in [1.82, 2.24) is 14.6 Å². The van der Waals surface area contributed by atoms with E-state index in [2.05, 4.69) is 40.5 Å². The number of nitrogens with zero attached hydrogens (tertiary/aromatic N) is 3. The normalized spacial score (nSPS) is 10.9. The van der Waals surface area contributed by atoms with Crippen molar-refractivity contribution in [3.63, 3.8) is 0 Å². The van der Waals surface area contributed by atoms with E-state index in [1.165, 1.54) is 5.56 Å². The SMILES string of the molecule is CCOc1ccc(NC(=O)c2cnc3c(-c4cccc(C)c4)c(C)nn3c2C)cc1. The van der Waals surface area contributed by atoms with Crippen LogP contribution in [0.25, 0.3) is 16.8 Å². The lowest BCUT2D eigenvalue weighted by molar-refractivity contribution is 0.102. The van der Waals surface area contributed by atoms with Gasteiger partial charge in [-0.1, -0.05) is 29.8 Å². The number of nitrogens with one attached hydrogen (secondary N) is 1. The molecule has 0 radical (unpaired) electrons. The van der Waals surface area contributed by atoms with E-state index in [4.69, 9.17) is 4.74 Å². The van der Waals surface area contributed by atoms with Gasteiger partial charge in [0.2, 0.25) is 0 Å². The zero-order chi connectivity index (χ0) is 21.3.